The van der Waals surface area contributed by atoms with Crippen molar-refractivity contribution in [3.05, 3.63) is 52.0 Å². The molecule has 1 aliphatic carbocycles. The van der Waals surface area contributed by atoms with E-state index in [0.717, 1.165) is 57.0 Å². The Morgan fingerprint density at radius 1 is 1.03 bits per heavy atom. The summed E-state index contributed by atoms with van der Waals surface area (Å²) in [7, 11) is 0. The van der Waals surface area contributed by atoms with E-state index in [1.807, 2.05) is 11.4 Å². The molecule has 1 aromatic heterocycles. The first-order valence-corrected chi connectivity index (χ1v) is 13.9. The number of hydrogen-bond acceptors (Lipinski definition) is 5. The summed E-state index contributed by atoms with van der Waals surface area (Å²) in [5, 5.41) is 6.13. The van der Waals surface area contributed by atoms with Crippen LogP contribution in [0.5, 0.6) is 0 Å². The van der Waals surface area contributed by atoms with Gasteiger partial charge in [-0.3, -0.25) is 14.5 Å². The molecule has 1 atom stereocenters. The predicted octanol–water partition coefficient (Wildman–Crippen LogP) is 4.54. The van der Waals surface area contributed by atoms with Crippen molar-refractivity contribution in [2.75, 3.05) is 26.2 Å². The van der Waals surface area contributed by atoms with Crippen LogP contribution >= 0.6 is 11.3 Å². The predicted molar refractivity (Wildman–Crippen MR) is 139 cm³/mol. The van der Waals surface area contributed by atoms with Gasteiger partial charge >= 0.3 is 0 Å². The highest BCUT2D eigenvalue weighted by Gasteiger charge is 2.68. The van der Waals surface area contributed by atoms with Gasteiger partial charge in [0.2, 0.25) is 5.91 Å². The molecule has 5 rings (SSSR count). The summed E-state index contributed by atoms with van der Waals surface area (Å²) < 4.78 is 0. The number of carbonyl (C=O) groups is 2. The second-order valence-corrected chi connectivity index (χ2v) is 12.6. The fraction of sp³-hybridized carbons (Fsp3) is 0.607. The third-order valence-corrected chi connectivity index (χ3v) is 10.0. The van der Waals surface area contributed by atoms with Crippen molar-refractivity contribution in [3.8, 4) is 0 Å². The molecular formula is C28H38N4O2S. The number of hydrogen-bond donors (Lipinski definition) is 1. The Kier molecular flexibility index (Phi) is 6.51. The summed E-state index contributed by atoms with van der Waals surface area (Å²) >= 11 is 1.59. The zero-order valence-corrected chi connectivity index (χ0v) is 22.2. The number of piperidine rings is 1. The first kappa shape index (κ1) is 24.4. The van der Waals surface area contributed by atoms with Gasteiger partial charge in [0.25, 0.3) is 5.91 Å². The van der Waals surface area contributed by atoms with E-state index in [0.29, 0.717) is 17.5 Å². The maximum atomic E-state index is 13.1. The molecule has 3 heterocycles. The molecular weight excluding hydrogens is 456 g/mol. The fourth-order valence-corrected chi connectivity index (χ4v) is 7.09. The normalized spacial score (nSPS) is 24.5. The SMILES string of the molecule is CC1(C)C(C(=O)N2CCC(c3nc(C(=O)NC4CCN(Cc5ccccc5)C4)cs3)CC2)C1(C)C. The number of aromatic nitrogens is 1. The van der Waals surface area contributed by atoms with Crippen LogP contribution < -0.4 is 5.32 Å². The van der Waals surface area contributed by atoms with Crippen LogP contribution in [0.4, 0.5) is 0 Å². The molecule has 188 valence electrons. The molecule has 35 heavy (non-hydrogen) atoms. The first-order chi connectivity index (χ1) is 16.7. The van der Waals surface area contributed by atoms with E-state index in [4.69, 9.17) is 4.98 Å². The zero-order valence-electron chi connectivity index (χ0n) is 21.4. The third-order valence-electron chi connectivity index (χ3n) is 9.03. The van der Waals surface area contributed by atoms with Crippen LogP contribution in [0.15, 0.2) is 35.7 Å². The summed E-state index contributed by atoms with van der Waals surface area (Å²) in [5.74, 6) is 0.708. The number of benzene rings is 1. The average molecular weight is 495 g/mol. The zero-order chi connectivity index (χ0) is 24.8. The van der Waals surface area contributed by atoms with E-state index in [-0.39, 0.29) is 28.7 Å². The minimum atomic E-state index is -0.0649. The van der Waals surface area contributed by atoms with Crippen molar-refractivity contribution in [1.82, 2.24) is 20.1 Å². The second-order valence-electron chi connectivity index (χ2n) is 11.7. The average Bonchev–Trinajstić information content (AvgIpc) is 3.32. The molecule has 1 aromatic carbocycles. The van der Waals surface area contributed by atoms with Crippen LogP contribution in [-0.4, -0.2) is 58.8 Å². The first-order valence-electron chi connectivity index (χ1n) is 13.0. The van der Waals surface area contributed by atoms with Gasteiger partial charge in [-0.05, 0) is 35.7 Å². The highest BCUT2D eigenvalue weighted by atomic mass is 32.1. The lowest BCUT2D eigenvalue weighted by atomic mass is 9.96. The summed E-state index contributed by atoms with van der Waals surface area (Å²) in [6.45, 7) is 13.2. The van der Waals surface area contributed by atoms with Gasteiger partial charge in [-0.25, -0.2) is 4.98 Å². The molecule has 0 bridgehead atoms. The summed E-state index contributed by atoms with van der Waals surface area (Å²) in [6, 6.07) is 10.6. The summed E-state index contributed by atoms with van der Waals surface area (Å²) in [5.41, 5.74) is 2.00. The largest absolute Gasteiger partial charge is 0.347 e. The Bertz CT molecular complexity index is 1060. The van der Waals surface area contributed by atoms with E-state index in [2.05, 4.69) is 67.1 Å². The maximum Gasteiger partial charge on any atom is 0.271 e. The fourth-order valence-electron chi connectivity index (χ4n) is 6.12. The molecule has 2 amide bonds. The van der Waals surface area contributed by atoms with Crippen molar-refractivity contribution in [3.63, 3.8) is 0 Å². The number of rotatable bonds is 6. The Balaban J connectivity index is 1.10. The van der Waals surface area contributed by atoms with Gasteiger partial charge in [0.05, 0.1) is 5.01 Å². The molecule has 2 aliphatic heterocycles. The molecule has 0 spiro atoms. The highest BCUT2D eigenvalue weighted by molar-refractivity contribution is 7.09. The van der Waals surface area contributed by atoms with E-state index in [1.54, 1.807) is 11.3 Å². The van der Waals surface area contributed by atoms with Crippen molar-refractivity contribution < 1.29 is 9.59 Å². The molecule has 2 aromatic rings. The molecule has 1 N–H and O–H groups in total. The van der Waals surface area contributed by atoms with Crippen molar-refractivity contribution in [1.29, 1.82) is 0 Å². The molecule has 1 saturated carbocycles. The number of carbonyl (C=O) groups excluding carboxylic acids is 2. The van der Waals surface area contributed by atoms with Gasteiger partial charge in [-0.15, -0.1) is 11.3 Å². The molecule has 3 aliphatic rings. The molecule has 1 unspecified atom stereocenters. The van der Waals surface area contributed by atoms with Gasteiger partial charge in [0.15, 0.2) is 0 Å². The Labute approximate surface area is 213 Å². The van der Waals surface area contributed by atoms with Crippen molar-refractivity contribution in [2.24, 2.45) is 16.7 Å². The number of amides is 2. The van der Waals surface area contributed by atoms with Gasteiger partial charge in [-0.2, -0.15) is 0 Å². The van der Waals surface area contributed by atoms with E-state index in [9.17, 15) is 9.59 Å². The number of likely N-dealkylation sites (tertiary alicyclic amines) is 2. The lowest BCUT2D eigenvalue weighted by Gasteiger charge is -2.31. The van der Waals surface area contributed by atoms with Gasteiger partial charge < -0.3 is 10.2 Å². The van der Waals surface area contributed by atoms with Crippen molar-refractivity contribution in [2.45, 2.75) is 65.5 Å². The van der Waals surface area contributed by atoms with Crippen molar-refractivity contribution >= 4 is 23.2 Å². The van der Waals surface area contributed by atoms with Crippen LogP contribution in [0.1, 0.15) is 73.9 Å². The standard InChI is InChI=1S/C28H38N4O2S/c1-27(2)23(28(27,3)4)26(34)32-14-10-20(11-15-32)25-30-22(18-35-25)24(33)29-21-12-13-31(17-21)16-19-8-6-5-7-9-19/h5-9,18,20-21,23H,10-17H2,1-4H3,(H,29,33). The summed E-state index contributed by atoms with van der Waals surface area (Å²) in [4.78, 5) is 35.1. The second kappa shape index (κ2) is 9.32. The van der Waals surface area contributed by atoms with Crippen LogP contribution in [-0.2, 0) is 11.3 Å². The highest BCUT2D eigenvalue weighted by Crippen LogP contribution is 2.68. The van der Waals surface area contributed by atoms with E-state index in [1.165, 1.54) is 5.56 Å². The molecule has 6 nitrogen and oxygen atoms in total. The Morgan fingerprint density at radius 2 is 1.71 bits per heavy atom. The van der Waals surface area contributed by atoms with Crippen LogP contribution in [0.2, 0.25) is 0 Å². The smallest absolute Gasteiger partial charge is 0.271 e. The van der Waals surface area contributed by atoms with Gasteiger partial charge in [-0.1, -0.05) is 58.0 Å². The number of nitrogens with zero attached hydrogens (tertiary/aromatic N) is 3. The Morgan fingerprint density at radius 3 is 2.37 bits per heavy atom. The molecule has 0 radical (unpaired) electrons. The van der Waals surface area contributed by atoms with Crippen LogP contribution in [0.25, 0.3) is 0 Å². The number of thiazole rings is 1. The van der Waals surface area contributed by atoms with Gasteiger partial charge in [0.1, 0.15) is 5.69 Å². The Hall–Kier alpha value is -2.25. The van der Waals surface area contributed by atoms with Crippen LogP contribution in [0, 0.1) is 16.7 Å². The number of nitrogens with one attached hydrogen (secondary N) is 1. The third kappa shape index (κ3) is 4.77. The quantitative estimate of drug-likeness (QED) is 0.641. The molecule has 3 fully saturated rings. The van der Waals surface area contributed by atoms with E-state index < -0.39 is 0 Å². The lowest BCUT2D eigenvalue weighted by Crippen LogP contribution is -2.40. The maximum absolute atomic E-state index is 13.1. The minimum absolute atomic E-state index is 0.0649. The minimum Gasteiger partial charge on any atom is -0.347 e. The van der Waals surface area contributed by atoms with Crippen LogP contribution in [0.3, 0.4) is 0 Å². The van der Waals surface area contributed by atoms with Gasteiger partial charge in [0, 0.05) is 56.0 Å². The molecule has 2 saturated heterocycles. The monoisotopic (exact) mass is 494 g/mol. The van der Waals surface area contributed by atoms with E-state index >= 15 is 0 Å². The lowest BCUT2D eigenvalue weighted by molar-refractivity contribution is -0.134. The topological polar surface area (TPSA) is 65.5 Å². The summed E-state index contributed by atoms with van der Waals surface area (Å²) in [6.07, 6.45) is 2.81. The molecule has 7 heteroatoms.